The van der Waals surface area contributed by atoms with Crippen molar-refractivity contribution >= 4 is 11.6 Å². The van der Waals surface area contributed by atoms with Crippen molar-refractivity contribution in [1.82, 2.24) is 5.32 Å². The van der Waals surface area contributed by atoms with Gasteiger partial charge in [-0.1, -0.05) is 30.3 Å². The SMILES string of the molecule is CNCC(O)C(c1ccccc1)N1C(=O)C(C)(C)c2cc(F)ccc21. The summed E-state index contributed by atoms with van der Waals surface area (Å²) in [7, 11) is 1.75. The zero-order valence-corrected chi connectivity index (χ0v) is 14.7. The molecule has 4 nitrogen and oxygen atoms in total. The average Bonchev–Trinajstić information content (AvgIpc) is 2.77. The van der Waals surface area contributed by atoms with Gasteiger partial charge in [0.05, 0.1) is 17.6 Å². The highest BCUT2D eigenvalue weighted by Crippen LogP contribution is 2.46. The van der Waals surface area contributed by atoms with Crippen LogP contribution in [0.25, 0.3) is 0 Å². The van der Waals surface area contributed by atoms with Crippen molar-refractivity contribution in [3.63, 3.8) is 0 Å². The minimum atomic E-state index is -0.843. The molecule has 0 saturated heterocycles. The van der Waals surface area contributed by atoms with Crippen molar-refractivity contribution in [3.8, 4) is 0 Å². The van der Waals surface area contributed by atoms with Crippen LogP contribution in [0, 0.1) is 5.82 Å². The Balaban J connectivity index is 2.15. The molecule has 1 aliphatic heterocycles. The fourth-order valence-electron chi connectivity index (χ4n) is 3.54. The molecular formula is C20H23FN2O2. The molecule has 2 N–H and O–H groups in total. The Kier molecular flexibility index (Phi) is 4.62. The lowest BCUT2D eigenvalue weighted by Crippen LogP contribution is -2.45. The number of anilines is 1. The zero-order valence-electron chi connectivity index (χ0n) is 14.7. The fourth-order valence-corrected chi connectivity index (χ4v) is 3.54. The van der Waals surface area contributed by atoms with E-state index in [4.69, 9.17) is 0 Å². The second kappa shape index (κ2) is 6.58. The first kappa shape index (κ1) is 17.6. The van der Waals surface area contributed by atoms with Gasteiger partial charge >= 0.3 is 0 Å². The Morgan fingerprint density at radius 2 is 1.88 bits per heavy atom. The standard InChI is InChI=1S/C20H23FN2O2/c1-20(2)15-11-14(21)9-10-16(15)23(19(20)25)18(17(24)12-22-3)13-7-5-4-6-8-13/h4-11,17-18,22,24H,12H2,1-3H3. The number of aliphatic hydroxyl groups excluding tert-OH is 1. The van der Waals surface area contributed by atoms with Crippen molar-refractivity contribution in [2.45, 2.75) is 31.4 Å². The predicted molar refractivity (Wildman–Crippen MR) is 96.0 cm³/mol. The molecule has 0 spiro atoms. The minimum absolute atomic E-state index is 0.142. The molecule has 132 valence electrons. The second-order valence-electron chi connectivity index (χ2n) is 6.94. The first-order valence-corrected chi connectivity index (χ1v) is 8.39. The van der Waals surface area contributed by atoms with Crippen molar-refractivity contribution in [2.75, 3.05) is 18.5 Å². The molecule has 0 aromatic heterocycles. The average molecular weight is 342 g/mol. The molecule has 0 radical (unpaired) electrons. The van der Waals surface area contributed by atoms with Gasteiger partial charge in [-0.25, -0.2) is 4.39 Å². The van der Waals surface area contributed by atoms with Gasteiger partial charge in [-0.3, -0.25) is 4.79 Å². The molecular weight excluding hydrogens is 319 g/mol. The third kappa shape index (κ3) is 2.94. The Hall–Kier alpha value is -2.24. The third-order valence-electron chi connectivity index (χ3n) is 4.84. The number of fused-ring (bicyclic) bond motifs is 1. The molecule has 2 aromatic rings. The lowest BCUT2D eigenvalue weighted by atomic mass is 9.86. The summed E-state index contributed by atoms with van der Waals surface area (Å²) in [6, 6.07) is 13.3. The molecule has 0 bridgehead atoms. The van der Waals surface area contributed by atoms with Crippen LogP contribution >= 0.6 is 0 Å². The topological polar surface area (TPSA) is 52.6 Å². The molecule has 3 rings (SSSR count). The first-order valence-electron chi connectivity index (χ1n) is 8.39. The number of nitrogens with one attached hydrogen (secondary N) is 1. The van der Waals surface area contributed by atoms with Crippen molar-refractivity contribution in [2.24, 2.45) is 0 Å². The number of benzene rings is 2. The molecule has 2 unspecified atom stereocenters. The Morgan fingerprint density at radius 1 is 1.20 bits per heavy atom. The van der Waals surface area contributed by atoms with Gasteiger partial charge in [0.15, 0.2) is 0 Å². The van der Waals surface area contributed by atoms with Crippen molar-refractivity contribution < 1.29 is 14.3 Å². The number of hydrogen-bond acceptors (Lipinski definition) is 3. The van der Waals surface area contributed by atoms with E-state index in [9.17, 15) is 14.3 Å². The highest BCUT2D eigenvalue weighted by Gasteiger charge is 2.48. The minimum Gasteiger partial charge on any atom is -0.389 e. The highest BCUT2D eigenvalue weighted by atomic mass is 19.1. The molecule has 2 aromatic carbocycles. The van der Waals surface area contributed by atoms with E-state index in [0.717, 1.165) is 5.56 Å². The Labute approximate surface area is 147 Å². The molecule has 1 heterocycles. The van der Waals surface area contributed by atoms with E-state index in [1.165, 1.54) is 12.1 Å². The summed E-state index contributed by atoms with van der Waals surface area (Å²) in [5.74, 6) is -0.509. The second-order valence-corrected chi connectivity index (χ2v) is 6.94. The monoisotopic (exact) mass is 342 g/mol. The van der Waals surface area contributed by atoms with Crippen LogP contribution < -0.4 is 10.2 Å². The van der Waals surface area contributed by atoms with E-state index in [-0.39, 0.29) is 11.7 Å². The number of carbonyl (C=O) groups excluding carboxylic acids is 1. The van der Waals surface area contributed by atoms with E-state index in [2.05, 4.69) is 5.32 Å². The van der Waals surface area contributed by atoms with E-state index in [1.807, 2.05) is 30.3 Å². The number of nitrogens with zero attached hydrogens (tertiary/aromatic N) is 1. The maximum Gasteiger partial charge on any atom is 0.237 e. The Morgan fingerprint density at radius 3 is 2.52 bits per heavy atom. The largest absolute Gasteiger partial charge is 0.389 e. The fraction of sp³-hybridized carbons (Fsp3) is 0.350. The van der Waals surface area contributed by atoms with Gasteiger partial charge in [-0.15, -0.1) is 0 Å². The number of carbonyl (C=O) groups is 1. The number of rotatable bonds is 5. The highest BCUT2D eigenvalue weighted by molar-refractivity contribution is 6.08. The van der Waals surface area contributed by atoms with Gasteiger partial charge in [0.1, 0.15) is 5.82 Å². The van der Waals surface area contributed by atoms with Gasteiger partial charge < -0.3 is 15.3 Å². The maximum atomic E-state index is 13.8. The molecule has 1 amide bonds. The van der Waals surface area contributed by atoms with Crippen LogP contribution in [-0.4, -0.2) is 30.7 Å². The van der Waals surface area contributed by atoms with Crippen LogP contribution in [-0.2, 0) is 10.2 Å². The Bertz CT molecular complexity index is 777. The smallest absolute Gasteiger partial charge is 0.237 e. The normalized spacial score (nSPS) is 18.1. The summed E-state index contributed by atoms with van der Waals surface area (Å²) >= 11 is 0. The number of amides is 1. The predicted octanol–water partition coefficient (Wildman–Crippen LogP) is 2.77. The summed E-state index contributed by atoms with van der Waals surface area (Å²) in [6.07, 6.45) is -0.803. The molecule has 5 heteroatoms. The van der Waals surface area contributed by atoms with Crippen LogP contribution in [0.1, 0.15) is 31.0 Å². The summed E-state index contributed by atoms with van der Waals surface area (Å²) in [5, 5.41) is 13.7. The summed E-state index contributed by atoms with van der Waals surface area (Å²) in [6.45, 7) is 3.92. The van der Waals surface area contributed by atoms with Crippen LogP contribution in [0.3, 0.4) is 0 Å². The van der Waals surface area contributed by atoms with Crippen LogP contribution in [0.4, 0.5) is 10.1 Å². The number of halogens is 1. The molecule has 25 heavy (non-hydrogen) atoms. The van der Waals surface area contributed by atoms with Gasteiger partial charge in [0, 0.05) is 12.2 Å². The molecule has 0 fully saturated rings. The zero-order chi connectivity index (χ0) is 18.2. The number of likely N-dealkylation sites (N-methyl/N-ethyl adjacent to an activating group) is 1. The van der Waals surface area contributed by atoms with Crippen molar-refractivity contribution in [3.05, 3.63) is 65.5 Å². The van der Waals surface area contributed by atoms with Gasteiger partial charge in [0.2, 0.25) is 5.91 Å². The molecule has 2 atom stereocenters. The van der Waals surface area contributed by atoms with Crippen LogP contribution in [0.2, 0.25) is 0 Å². The lowest BCUT2D eigenvalue weighted by molar-refractivity contribution is -0.123. The number of aliphatic hydroxyl groups is 1. The van der Waals surface area contributed by atoms with Crippen molar-refractivity contribution in [1.29, 1.82) is 0 Å². The van der Waals surface area contributed by atoms with Gasteiger partial charge in [-0.05, 0) is 50.2 Å². The summed E-state index contributed by atoms with van der Waals surface area (Å²) < 4.78 is 13.8. The quantitative estimate of drug-likeness (QED) is 0.878. The van der Waals surface area contributed by atoms with E-state index < -0.39 is 17.6 Å². The maximum absolute atomic E-state index is 13.8. The number of hydrogen-bond donors (Lipinski definition) is 2. The summed E-state index contributed by atoms with van der Waals surface area (Å²) in [4.78, 5) is 14.8. The lowest BCUT2D eigenvalue weighted by Gasteiger charge is -2.33. The third-order valence-corrected chi connectivity index (χ3v) is 4.84. The summed E-state index contributed by atoms with van der Waals surface area (Å²) in [5.41, 5.74) is 1.30. The van der Waals surface area contributed by atoms with Crippen LogP contribution in [0.15, 0.2) is 48.5 Å². The molecule has 0 aliphatic carbocycles. The van der Waals surface area contributed by atoms with Gasteiger partial charge in [0.25, 0.3) is 0 Å². The van der Waals surface area contributed by atoms with E-state index >= 15 is 0 Å². The van der Waals surface area contributed by atoms with Crippen LogP contribution in [0.5, 0.6) is 0 Å². The first-order chi connectivity index (χ1) is 11.9. The van der Waals surface area contributed by atoms with E-state index in [1.54, 1.807) is 31.9 Å². The van der Waals surface area contributed by atoms with Gasteiger partial charge in [-0.2, -0.15) is 0 Å². The molecule has 1 aliphatic rings. The van der Waals surface area contributed by atoms with E-state index in [0.29, 0.717) is 17.8 Å². The molecule has 0 saturated carbocycles.